The molecule has 0 bridgehead atoms. The lowest BCUT2D eigenvalue weighted by molar-refractivity contribution is -0.164. The van der Waals surface area contributed by atoms with Crippen LogP contribution in [0.3, 0.4) is 0 Å². The van der Waals surface area contributed by atoms with E-state index >= 15 is 0 Å². The van der Waals surface area contributed by atoms with E-state index < -0.39 is 71.6 Å². The molecule has 1 aromatic heterocycles. The third-order valence-corrected chi connectivity index (χ3v) is 8.39. The van der Waals surface area contributed by atoms with Crippen molar-refractivity contribution in [1.82, 2.24) is 25.5 Å². The first kappa shape index (κ1) is 38.2. The molecule has 2 aliphatic heterocycles. The average Bonchev–Trinajstić information content (AvgIpc) is 3.26. The molecule has 1 unspecified atom stereocenters. The van der Waals surface area contributed by atoms with Gasteiger partial charge in [-0.25, -0.2) is 14.2 Å². The Morgan fingerprint density at radius 2 is 1.80 bits per heavy atom. The number of nitrogens with zero attached hydrogens (tertiary/aromatic N) is 4. The zero-order valence-electron chi connectivity index (χ0n) is 28.6. The second kappa shape index (κ2) is 14.7. The minimum atomic E-state index is -4.72. The average molecular weight is 707 g/mol. The van der Waals surface area contributed by atoms with Gasteiger partial charge in [-0.15, -0.1) is 0 Å². The third-order valence-electron chi connectivity index (χ3n) is 8.39. The fraction of sp³-hybridized carbons (Fsp3) is 0.529. The van der Waals surface area contributed by atoms with Crippen molar-refractivity contribution >= 4 is 29.5 Å². The number of carbonyl (C=O) groups excluding carboxylic acids is 4. The zero-order valence-corrected chi connectivity index (χ0v) is 28.6. The molecule has 1 saturated heterocycles. The van der Waals surface area contributed by atoms with Crippen molar-refractivity contribution in [2.45, 2.75) is 90.3 Å². The third kappa shape index (κ3) is 9.34. The highest BCUT2D eigenvalue weighted by atomic mass is 19.4. The van der Waals surface area contributed by atoms with Crippen LogP contribution in [0.1, 0.15) is 64.3 Å². The number of hydrogen-bond donors (Lipinski definition) is 3. The first-order valence-electron chi connectivity index (χ1n) is 16.1. The molecule has 2 aromatic rings. The summed E-state index contributed by atoms with van der Waals surface area (Å²) in [6.07, 6.45) is -4.20. The minimum Gasteiger partial charge on any atom is -0.444 e. The molecule has 1 aromatic carbocycles. The number of hydrogen-bond acceptors (Lipinski definition) is 8. The smallest absolute Gasteiger partial charge is 0.408 e. The van der Waals surface area contributed by atoms with Crippen molar-refractivity contribution in [3.05, 3.63) is 65.2 Å². The molecule has 2 atom stereocenters. The summed E-state index contributed by atoms with van der Waals surface area (Å²) in [6, 6.07) is 7.48. The van der Waals surface area contributed by atoms with Gasteiger partial charge in [-0.05, 0) is 82.9 Å². The monoisotopic (exact) mass is 706 g/mol. The van der Waals surface area contributed by atoms with Crippen LogP contribution in [-0.4, -0.2) is 92.5 Å². The van der Waals surface area contributed by atoms with Crippen LogP contribution >= 0.6 is 0 Å². The molecular formula is C34H42F4N6O6. The number of hydrazone groups is 1. The quantitative estimate of drug-likeness (QED) is 0.302. The Kier molecular flexibility index (Phi) is 11.2. The first-order valence-corrected chi connectivity index (χ1v) is 16.1. The molecular weight excluding hydrogens is 664 g/mol. The maximum absolute atomic E-state index is 14.3. The molecule has 2 aliphatic rings. The Hall–Kier alpha value is -4.60. The molecule has 50 heavy (non-hydrogen) atoms. The Morgan fingerprint density at radius 1 is 1.08 bits per heavy atom. The summed E-state index contributed by atoms with van der Waals surface area (Å²) < 4.78 is 59.5. The number of aliphatic hydroxyl groups excluding tert-OH is 1. The summed E-state index contributed by atoms with van der Waals surface area (Å²) in [5, 5.41) is 19.4. The topological polar surface area (TPSA) is 154 Å². The Bertz CT molecular complexity index is 1630. The van der Waals surface area contributed by atoms with Crippen molar-refractivity contribution < 1.29 is 46.6 Å². The maximum Gasteiger partial charge on any atom is 0.408 e. The number of amides is 4. The van der Waals surface area contributed by atoms with Crippen LogP contribution in [0.5, 0.6) is 0 Å². The number of piperidine rings is 1. The van der Waals surface area contributed by atoms with Crippen molar-refractivity contribution in [2.75, 3.05) is 19.6 Å². The molecule has 0 radical (unpaired) electrons. The van der Waals surface area contributed by atoms with Crippen LogP contribution in [0.25, 0.3) is 0 Å². The number of halogens is 4. The predicted octanol–water partition coefficient (Wildman–Crippen LogP) is 3.66. The zero-order chi connectivity index (χ0) is 37.1. The number of ether oxygens (including phenoxy) is 1. The van der Waals surface area contributed by atoms with Gasteiger partial charge in [0.15, 0.2) is 0 Å². The van der Waals surface area contributed by atoms with E-state index in [0.29, 0.717) is 16.3 Å². The number of likely N-dealkylation sites (tertiary alicyclic amines) is 1. The molecule has 12 nitrogen and oxygen atoms in total. The van der Waals surface area contributed by atoms with Gasteiger partial charge in [-0.3, -0.25) is 19.4 Å². The molecule has 1 fully saturated rings. The number of alkyl halides is 3. The van der Waals surface area contributed by atoms with Crippen LogP contribution in [0.2, 0.25) is 0 Å². The summed E-state index contributed by atoms with van der Waals surface area (Å²) in [5.74, 6) is -2.88. The molecule has 272 valence electrons. The van der Waals surface area contributed by atoms with Crippen LogP contribution in [-0.2, 0) is 38.6 Å². The van der Waals surface area contributed by atoms with Crippen molar-refractivity contribution in [1.29, 1.82) is 0 Å². The van der Waals surface area contributed by atoms with Gasteiger partial charge in [-0.1, -0.05) is 12.1 Å². The number of carbonyl (C=O) groups is 4. The van der Waals surface area contributed by atoms with Crippen LogP contribution < -0.4 is 10.6 Å². The number of pyridine rings is 1. The van der Waals surface area contributed by atoms with E-state index in [0.717, 1.165) is 6.07 Å². The number of fused-ring (bicyclic) bond motifs is 1. The van der Waals surface area contributed by atoms with Gasteiger partial charge in [0.1, 0.15) is 35.0 Å². The SMILES string of the molecule is CC(C)(C)OC(=O)NC(C)(C)C(=O)NC(CCc1ccc(F)cc1CO)C(=O)N1CCC2=NN(CC(F)(F)F)C(=O)[C@]2(Cc2ccccn2)C1. The lowest BCUT2D eigenvalue weighted by Crippen LogP contribution is -2.62. The summed E-state index contributed by atoms with van der Waals surface area (Å²) in [7, 11) is 0. The minimum absolute atomic E-state index is 0.0147. The van der Waals surface area contributed by atoms with Gasteiger partial charge >= 0.3 is 12.3 Å². The van der Waals surface area contributed by atoms with E-state index in [1.54, 1.807) is 39.0 Å². The Labute approximate surface area is 287 Å². The molecule has 4 rings (SSSR count). The van der Waals surface area contributed by atoms with E-state index in [-0.39, 0.29) is 50.0 Å². The molecule has 3 heterocycles. The summed E-state index contributed by atoms with van der Waals surface area (Å²) >= 11 is 0. The van der Waals surface area contributed by atoms with E-state index in [2.05, 4.69) is 20.7 Å². The number of alkyl carbamates (subject to hydrolysis) is 1. The summed E-state index contributed by atoms with van der Waals surface area (Å²) in [5.41, 5.74) is -2.67. The second-order valence-corrected chi connectivity index (χ2v) is 14.0. The standard InChI is InChI=1S/C34H42F4N6O6/c1-31(2,3)50-30(49)41-32(4,5)28(47)40-25(12-10-21-9-11-23(35)16-22(21)18-45)27(46)43-15-13-26-33(19-43,17-24-8-6-7-14-39-24)29(48)44(42-26)20-34(36,37)38/h6-9,11,14,16,25,45H,10,12-13,15,17-20H2,1-5H3,(H,40,47)(H,41,49)/t25?,33-/m1/s1. The highest BCUT2D eigenvalue weighted by Crippen LogP contribution is 2.39. The predicted molar refractivity (Wildman–Crippen MR) is 173 cm³/mol. The molecule has 16 heteroatoms. The van der Waals surface area contributed by atoms with E-state index in [1.807, 2.05) is 0 Å². The van der Waals surface area contributed by atoms with E-state index in [9.17, 15) is 41.8 Å². The van der Waals surface area contributed by atoms with E-state index in [1.165, 1.54) is 37.1 Å². The molecule has 4 amide bonds. The number of benzene rings is 1. The van der Waals surface area contributed by atoms with Gasteiger partial charge in [0.2, 0.25) is 11.8 Å². The number of aliphatic hydroxyl groups is 1. The second-order valence-electron chi connectivity index (χ2n) is 14.0. The van der Waals surface area contributed by atoms with Crippen LogP contribution in [0.15, 0.2) is 47.7 Å². The van der Waals surface area contributed by atoms with Crippen molar-refractivity contribution in [3.63, 3.8) is 0 Å². The van der Waals surface area contributed by atoms with Gasteiger partial charge in [0.25, 0.3) is 5.91 Å². The highest BCUT2D eigenvalue weighted by Gasteiger charge is 2.56. The van der Waals surface area contributed by atoms with Gasteiger partial charge in [0, 0.05) is 37.8 Å². The first-order chi connectivity index (χ1) is 23.2. The molecule has 3 N–H and O–H groups in total. The van der Waals surface area contributed by atoms with Gasteiger partial charge in [0.05, 0.1) is 12.3 Å². The molecule has 0 saturated carbocycles. The Morgan fingerprint density at radius 3 is 2.42 bits per heavy atom. The molecule has 0 spiro atoms. The highest BCUT2D eigenvalue weighted by molar-refractivity contribution is 6.14. The Balaban J connectivity index is 1.64. The number of aromatic nitrogens is 1. The number of nitrogens with one attached hydrogen (secondary N) is 2. The summed E-state index contributed by atoms with van der Waals surface area (Å²) in [6.45, 7) is 5.34. The summed E-state index contributed by atoms with van der Waals surface area (Å²) in [4.78, 5) is 59.8. The van der Waals surface area contributed by atoms with Gasteiger partial charge < -0.3 is 25.4 Å². The lowest BCUT2D eigenvalue weighted by Gasteiger charge is -2.41. The maximum atomic E-state index is 14.3. The van der Waals surface area contributed by atoms with Crippen molar-refractivity contribution in [2.24, 2.45) is 10.5 Å². The van der Waals surface area contributed by atoms with Gasteiger partial charge in [-0.2, -0.15) is 18.3 Å². The number of rotatable bonds is 11. The number of aryl methyl sites for hydroxylation is 1. The molecule has 0 aliphatic carbocycles. The van der Waals surface area contributed by atoms with Crippen molar-refractivity contribution in [3.8, 4) is 0 Å². The largest absolute Gasteiger partial charge is 0.444 e. The van der Waals surface area contributed by atoms with E-state index in [4.69, 9.17) is 4.74 Å². The van der Waals surface area contributed by atoms with Crippen LogP contribution in [0, 0.1) is 11.2 Å². The van der Waals surface area contributed by atoms with Crippen LogP contribution in [0.4, 0.5) is 22.4 Å². The normalized spacial score (nSPS) is 18.7. The lowest BCUT2D eigenvalue weighted by atomic mass is 9.74. The fourth-order valence-electron chi connectivity index (χ4n) is 5.98. The fourth-order valence-corrected chi connectivity index (χ4v) is 5.98.